The summed E-state index contributed by atoms with van der Waals surface area (Å²) in [6, 6.07) is 13.2. The van der Waals surface area contributed by atoms with E-state index in [1.165, 1.54) is 10.2 Å². The summed E-state index contributed by atoms with van der Waals surface area (Å²) in [7, 11) is 1.71. The molecule has 136 valence electrons. The smallest absolute Gasteiger partial charge is 0.314 e. The first-order valence-electron chi connectivity index (χ1n) is 8.76. The second-order valence-electron chi connectivity index (χ2n) is 6.49. The standard InChI is InChI=1S/C20H19N5O2/c1-25-18(12-17(24-25)14-8-10-21-11-9-14)23-20(27)19(26)22-16-7-6-13-4-2-3-5-15(13)16/h2-5,8-12,16H,6-7H2,1H3,(H,22,26)(H,23,27)/t16-/m1/s1. The summed E-state index contributed by atoms with van der Waals surface area (Å²) >= 11 is 0. The van der Waals surface area contributed by atoms with Crippen LogP contribution in [0.2, 0.25) is 0 Å². The van der Waals surface area contributed by atoms with Gasteiger partial charge in [0.2, 0.25) is 0 Å². The van der Waals surface area contributed by atoms with Gasteiger partial charge in [-0.1, -0.05) is 24.3 Å². The van der Waals surface area contributed by atoms with E-state index in [9.17, 15) is 9.59 Å². The zero-order valence-corrected chi connectivity index (χ0v) is 14.8. The average molecular weight is 361 g/mol. The fraction of sp³-hybridized carbons (Fsp3) is 0.200. The van der Waals surface area contributed by atoms with E-state index < -0.39 is 11.8 Å². The highest BCUT2D eigenvalue weighted by atomic mass is 16.2. The van der Waals surface area contributed by atoms with Gasteiger partial charge in [-0.3, -0.25) is 19.3 Å². The maximum Gasteiger partial charge on any atom is 0.314 e. The summed E-state index contributed by atoms with van der Waals surface area (Å²) in [6.45, 7) is 0. The minimum absolute atomic E-state index is 0.127. The average Bonchev–Trinajstić information content (AvgIpc) is 3.26. The molecule has 7 heteroatoms. The molecule has 7 nitrogen and oxygen atoms in total. The lowest BCUT2D eigenvalue weighted by molar-refractivity contribution is -0.136. The Bertz CT molecular complexity index is 997. The number of aryl methyl sites for hydroxylation is 2. The normalized spacial score (nSPS) is 15.2. The van der Waals surface area contributed by atoms with Gasteiger partial charge < -0.3 is 10.6 Å². The molecule has 4 rings (SSSR count). The van der Waals surface area contributed by atoms with E-state index in [1.54, 1.807) is 25.5 Å². The largest absolute Gasteiger partial charge is 0.341 e. The van der Waals surface area contributed by atoms with Crippen molar-refractivity contribution < 1.29 is 9.59 Å². The van der Waals surface area contributed by atoms with Gasteiger partial charge in [-0.05, 0) is 36.1 Å². The molecule has 1 aromatic carbocycles. The molecule has 0 bridgehead atoms. The summed E-state index contributed by atoms with van der Waals surface area (Å²) in [5.74, 6) is -0.902. The number of hydrogen-bond acceptors (Lipinski definition) is 4. The minimum Gasteiger partial charge on any atom is -0.341 e. The third-order valence-corrected chi connectivity index (χ3v) is 4.74. The number of carbonyl (C=O) groups is 2. The quantitative estimate of drug-likeness (QED) is 0.700. The Labute approximate surface area is 156 Å². The van der Waals surface area contributed by atoms with Crippen LogP contribution < -0.4 is 10.6 Å². The molecule has 0 radical (unpaired) electrons. The zero-order valence-electron chi connectivity index (χ0n) is 14.8. The van der Waals surface area contributed by atoms with Gasteiger partial charge in [0, 0.05) is 31.1 Å². The first-order chi connectivity index (χ1) is 13.1. The predicted octanol–water partition coefficient (Wildman–Crippen LogP) is 2.22. The number of nitrogens with one attached hydrogen (secondary N) is 2. The van der Waals surface area contributed by atoms with Crippen molar-refractivity contribution in [3.63, 3.8) is 0 Å². The number of fused-ring (bicyclic) bond motifs is 1. The molecular formula is C20H19N5O2. The topological polar surface area (TPSA) is 88.9 Å². The first kappa shape index (κ1) is 17.0. The lowest BCUT2D eigenvalue weighted by Gasteiger charge is -2.13. The summed E-state index contributed by atoms with van der Waals surface area (Å²) < 4.78 is 1.53. The molecule has 2 heterocycles. The second-order valence-corrected chi connectivity index (χ2v) is 6.49. The van der Waals surface area contributed by atoms with Crippen molar-refractivity contribution in [1.82, 2.24) is 20.1 Å². The Morgan fingerprint density at radius 2 is 1.89 bits per heavy atom. The fourth-order valence-corrected chi connectivity index (χ4v) is 3.35. The van der Waals surface area contributed by atoms with Crippen LogP contribution >= 0.6 is 0 Å². The number of nitrogens with zero attached hydrogens (tertiary/aromatic N) is 3. The highest BCUT2D eigenvalue weighted by Gasteiger charge is 2.26. The van der Waals surface area contributed by atoms with E-state index in [0.717, 1.165) is 24.0 Å². The van der Waals surface area contributed by atoms with Gasteiger partial charge in [0.05, 0.1) is 11.7 Å². The monoisotopic (exact) mass is 361 g/mol. The van der Waals surface area contributed by atoms with Crippen molar-refractivity contribution >= 4 is 17.6 Å². The van der Waals surface area contributed by atoms with Gasteiger partial charge in [0.25, 0.3) is 0 Å². The number of hydrogen-bond donors (Lipinski definition) is 2. The SMILES string of the molecule is Cn1nc(-c2ccncc2)cc1NC(=O)C(=O)N[C@@H]1CCc2ccccc21. The summed E-state index contributed by atoms with van der Waals surface area (Å²) in [4.78, 5) is 28.7. The predicted molar refractivity (Wildman–Crippen MR) is 101 cm³/mol. The zero-order chi connectivity index (χ0) is 18.8. The van der Waals surface area contributed by atoms with Gasteiger partial charge in [-0.15, -0.1) is 0 Å². The van der Waals surface area contributed by atoms with Crippen LogP contribution in [0.5, 0.6) is 0 Å². The minimum atomic E-state index is -0.705. The van der Waals surface area contributed by atoms with Crippen LogP contribution in [0.4, 0.5) is 5.82 Å². The Morgan fingerprint density at radius 3 is 2.70 bits per heavy atom. The molecule has 1 aliphatic rings. The summed E-state index contributed by atoms with van der Waals surface area (Å²) in [5.41, 5.74) is 3.88. The molecule has 1 aliphatic carbocycles. The van der Waals surface area contributed by atoms with E-state index in [4.69, 9.17) is 0 Å². The van der Waals surface area contributed by atoms with Gasteiger partial charge in [-0.25, -0.2) is 0 Å². The third-order valence-electron chi connectivity index (χ3n) is 4.74. The highest BCUT2D eigenvalue weighted by molar-refractivity contribution is 6.39. The van der Waals surface area contributed by atoms with Crippen molar-refractivity contribution in [2.24, 2.45) is 7.05 Å². The van der Waals surface area contributed by atoms with Crippen molar-refractivity contribution in [2.75, 3.05) is 5.32 Å². The van der Waals surface area contributed by atoms with E-state index >= 15 is 0 Å². The Morgan fingerprint density at radius 1 is 1.11 bits per heavy atom. The second kappa shape index (κ2) is 7.03. The molecule has 3 aromatic rings. The van der Waals surface area contributed by atoms with Crippen LogP contribution in [0.25, 0.3) is 11.3 Å². The molecule has 0 spiro atoms. The maximum absolute atomic E-state index is 12.3. The molecule has 2 aromatic heterocycles. The molecular weight excluding hydrogens is 342 g/mol. The Balaban J connectivity index is 1.44. The van der Waals surface area contributed by atoms with Gasteiger partial charge in [0.15, 0.2) is 0 Å². The number of benzene rings is 1. The van der Waals surface area contributed by atoms with Crippen molar-refractivity contribution in [3.8, 4) is 11.3 Å². The van der Waals surface area contributed by atoms with Crippen LogP contribution in [0, 0.1) is 0 Å². The Hall–Kier alpha value is -3.48. The number of anilines is 1. The van der Waals surface area contributed by atoms with E-state index in [1.807, 2.05) is 30.3 Å². The molecule has 0 saturated heterocycles. The molecule has 1 atom stereocenters. The molecule has 0 fully saturated rings. The molecule has 0 saturated carbocycles. The number of amides is 2. The fourth-order valence-electron chi connectivity index (χ4n) is 3.35. The number of pyridine rings is 1. The summed E-state index contributed by atoms with van der Waals surface area (Å²) in [5, 5.41) is 9.82. The number of rotatable bonds is 3. The van der Waals surface area contributed by atoms with Crippen LogP contribution in [0.3, 0.4) is 0 Å². The van der Waals surface area contributed by atoms with E-state index in [0.29, 0.717) is 11.5 Å². The molecule has 2 N–H and O–H groups in total. The van der Waals surface area contributed by atoms with Crippen LogP contribution in [-0.4, -0.2) is 26.6 Å². The van der Waals surface area contributed by atoms with Crippen molar-refractivity contribution in [1.29, 1.82) is 0 Å². The highest BCUT2D eigenvalue weighted by Crippen LogP contribution is 2.30. The van der Waals surface area contributed by atoms with Crippen LogP contribution in [0.1, 0.15) is 23.6 Å². The van der Waals surface area contributed by atoms with Crippen LogP contribution in [-0.2, 0) is 23.1 Å². The first-order valence-corrected chi connectivity index (χ1v) is 8.76. The summed E-state index contributed by atoms with van der Waals surface area (Å²) in [6.07, 6.45) is 5.06. The van der Waals surface area contributed by atoms with Gasteiger partial charge >= 0.3 is 11.8 Å². The lowest BCUT2D eigenvalue weighted by atomic mass is 10.1. The number of aromatic nitrogens is 3. The van der Waals surface area contributed by atoms with Crippen molar-refractivity contribution in [3.05, 3.63) is 66.0 Å². The third kappa shape index (κ3) is 3.44. The molecule has 27 heavy (non-hydrogen) atoms. The Kier molecular flexibility index (Phi) is 4.42. The van der Waals surface area contributed by atoms with E-state index in [-0.39, 0.29) is 6.04 Å². The molecule has 0 unspecified atom stereocenters. The molecule has 0 aliphatic heterocycles. The van der Waals surface area contributed by atoms with Gasteiger partial charge in [-0.2, -0.15) is 5.10 Å². The van der Waals surface area contributed by atoms with Crippen molar-refractivity contribution in [2.45, 2.75) is 18.9 Å². The van der Waals surface area contributed by atoms with Gasteiger partial charge in [0.1, 0.15) is 5.82 Å². The van der Waals surface area contributed by atoms with E-state index in [2.05, 4.69) is 26.8 Å². The van der Waals surface area contributed by atoms with Crippen LogP contribution in [0.15, 0.2) is 54.9 Å². The molecule has 2 amide bonds. The lowest BCUT2D eigenvalue weighted by Crippen LogP contribution is -2.37. The number of carbonyl (C=O) groups excluding carboxylic acids is 2. The maximum atomic E-state index is 12.3.